The molecule has 2 N–H and O–H groups in total. The van der Waals surface area contributed by atoms with Crippen LogP contribution in [0.4, 0.5) is 4.79 Å². The van der Waals surface area contributed by atoms with Gasteiger partial charge in [-0.05, 0) is 33.5 Å². The Hall–Kier alpha value is -1.52. The molecule has 0 aliphatic heterocycles. The predicted molar refractivity (Wildman–Crippen MR) is 80.7 cm³/mol. The number of rotatable bonds is 5. The fourth-order valence-electron chi connectivity index (χ4n) is 1.77. The quantitative estimate of drug-likeness (QED) is 0.815. The molecule has 0 bridgehead atoms. The minimum absolute atomic E-state index is 0.194. The smallest absolute Gasteiger partial charge is 0.315 e. The zero-order valence-corrected chi connectivity index (χ0v) is 11.9. The van der Waals surface area contributed by atoms with E-state index in [1.807, 2.05) is 23.6 Å². The molecule has 1 aromatic heterocycles. The van der Waals surface area contributed by atoms with Gasteiger partial charge in [0, 0.05) is 19.0 Å². The summed E-state index contributed by atoms with van der Waals surface area (Å²) in [6.45, 7) is 0.972. The Morgan fingerprint density at radius 1 is 1.21 bits per heavy atom. The molecule has 0 saturated heterocycles. The Kier molecular flexibility index (Phi) is 5.24. The number of alkyl halides is 1. The number of halogens is 1. The van der Waals surface area contributed by atoms with Crippen LogP contribution >= 0.6 is 22.9 Å². The van der Waals surface area contributed by atoms with Gasteiger partial charge in [0.25, 0.3) is 0 Å². The van der Waals surface area contributed by atoms with Gasteiger partial charge in [0.2, 0.25) is 0 Å². The minimum atomic E-state index is -0.194. The van der Waals surface area contributed by atoms with Gasteiger partial charge in [-0.3, -0.25) is 0 Å². The number of urea groups is 1. The summed E-state index contributed by atoms with van der Waals surface area (Å²) in [6, 6.07) is 9.95. The van der Waals surface area contributed by atoms with E-state index in [0.29, 0.717) is 19.0 Å². The van der Waals surface area contributed by atoms with Gasteiger partial charge in [0.05, 0.1) is 0 Å². The fourth-order valence-corrected chi connectivity index (χ4v) is 2.52. The second-order valence-corrected chi connectivity index (χ2v) is 5.13. The molecule has 5 heteroatoms. The topological polar surface area (TPSA) is 41.1 Å². The largest absolute Gasteiger partial charge is 0.337 e. The van der Waals surface area contributed by atoms with Crippen LogP contribution in [0.3, 0.4) is 0 Å². The second-order valence-electron chi connectivity index (χ2n) is 3.97. The van der Waals surface area contributed by atoms with Gasteiger partial charge in [0.1, 0.15) is 0 Å². The Bertz CT molecular complexity index is 528. The first-order valence-electron chi connectivity index (χ1n) is 5.99. The van der Waals surface area contributed by atoms with Crippen LogP contribution in [-0.2, 0) is 6.54 Å². The number of benzene rings is 1. The highest BCUT2D eigenvalue weighted by Gasteiger charge is 2.06. The first kappa shape index (κ1) is 13.9. The van der Waals surface area contributed by atoms with E-state index >= 15 is 0 Å². The molecule has 0 aliphatic rings. The first-order chi connectivity index (χ1) is 9.31. The van der Waals surface area contributed by atoms with Crippen molar-refractivity contribution in [1.29, 1.82) is 0 Å². The van der Waals surface area contributed by atoms with Crippen LogP contribution in [-0.4, -0.2) is 18.5 Å². The summed E-state index contributed by atoms with van der Waals surface area (Å²) >= 11 is 7.18. The normalized spacial score (nSPS) is 10.2. The second kappa shape index (κ2) is 7.16. The summed E-state index contributed by atoms with van der Waals surface area (Å²) in [5, 5.41) is 9.66. The molecule has 0 saturated carbocycles. The molecule has 0 unspecified atom stereocenters. The van der Waals surface area contributed by atoms with Gasteiger partial charge in [-0.25, -0.2) is 4.79 Å². The van der Waals surface area contributed by atoms with E-state index in [9.17, 15) is 4.79 Å². The Balaban J connectivity index is 2.03. The van der Waals surface area contributed by atoms with Crippen molar-refractivity contribution in [2.24, 2.45) is 0 Å². The number of carbonyl (C=O) groups excluding carboxylic acids is 1. The van der Waals surface area contributed by atoms with E-state index in [0.717, 1.165) is 11.1 Å². The average Bonchev–Trinajstić information content (AvgIpc) is 2.97. The lowest BCUT2D eigenvalue weighted by Crippen LogP contribution is -2.36. The lowest BCUT2D eigenvalue weighted by Gasteiger charge is -2.10. The Morgan fingerprint density at radius 2 is 2.05 bits per heavy atom. The van der Waals surface area contributed by atoms with Crippen molar-refractivity contribution >= 4 is 29.0 Å². The van der Waals surface area contributed by atoms with Crippen LogP contribution in [0.25, 0.3) is 11.1 Å². The molecule has 19 heavy (non-hydrogen) atoms. The van der Waals surface area contributed by atoms with Gasteiger partial charge < -0.3 is 10.6 Å². The third-order valence-electron chi connectivity index (χ3n) is 2.67. The van der Waals surface area contributed by atoms with Crippen LogP contribution < -0.4 is 10.6 Å². The zero-order chi connectivity index (χ0) is 13.5. The van der Waals surface area contributed by atoms with E-state index in [1.165, 1.54) is 5.56 Å². The number of hydrogen-bond acceptors (Lipinski definition) is 2. The van der Waals surface area contributed by atoms with Gasteiger partial charge in [0.15, 0.2) is 0 Å². The molecule has 0 radical (unpaired) electrons. The van der Waals surface area contributed by atoms with E-state index < -0.39 is 0 Å². The molecule has 100 valence electrons. The van der Waals surface area contributed by atoms with Crippen molar-refractivity contribution in [1.82, 2.24) is 10.6 Å². The van der Waals surface area contributed by atoms with Crippen molar-refractivity contribution in [2.45, 2.75) is 6.54 Å². The molecule has 0 fully saturated rings. The van der Waals surface area contributed by atoms with Crippen LogP contribution in [0.15, 0.2) is 41.1 Å². The van der Waals surface area contributed by atoms with E-state index in [2.05, 4.69) is 28.1 Å². The molecular formula is C14H15ClN2OS. The number of amides is 2. The predicted octanol–water partition coefficient (Wildman–Crippen LogP) is 3.45. The molecule has 2 rings (SSSR count). The van der Waals surface area contributed by atoms with Crippen LogP contribution in [0, 0.1) is 0 Å². The van der Waals surface area contributed by atoms with Crippen LogP contribution in [0.2, 0.25) is 0 Å². The molecule has 0 aliphatic carbocycles. The monoisotopic (exact) mass is 294 g/mol. The van der Waals surface area contributed by atoms with Crippen molar-refractivity contribution in [3.05, 3.63) is 46.7 Å². The summed E-state index contributed by atoms with van der Waals surface area (Å²) in [5.74, 6) is 0.416. The van der Waals surface area contributed by atoms with Crippen molar-refractivity contribution < 1.29 is 4.79 Å². The maximum atomic E-state index is 11.5. The first-order valence-corrected chi connectivity index (χ1v) is 7.47. The Morgan fingerprint density at radius 3 is 2.79 bits per heavy atom. The van der Waals surface area contributed by atoms with E-state index in [1.54, 1.807) is 11.3 Å². The van der Waals surface area contributed by atoms with Crippen molar-refractivity contribution in [3.8, 4) is 11.1 Å². The maximum Gasteiger partial charge on any atom is 0.315 e. The summed E-state index contributed by atoms with van der Waals surface area (Å²) in [4.78, 5) is 11.5. The average molecular weight is 295 g/mol. The molecule has 0 spiro atoms. The molecular weight excluding hydrogens is 280 g/mol. The highest BCUT2D eigenvalue weighted by molar-refractivity contribution is 7.08. The molecule has 3 nitrogen and oxygen atoms in total. The summed E-state index contributed by atoms with van der Waals surface area (Å²) < 4.78 is 0. The molecule has 1 heterocycles. The van der Waals surface area contributed by atoms with E-state index in [4.69, 9.17) is 11.6 Å². The lowest BCUT2D eigenvalue weighted by molar-refractivity contribution is 0.241. The molecule has 1 aromatic carbocycles. The van der Waals surface area contributed by atoms with Gasteiger partial charge in [-0.15, -0.1) is 11.6 Å². The van der Waals surface area contributed by atoms with Crippen LogP contribution in [0.1, 0.15) is 5.56 Å². The summed E-state index contributed by atoms with van der Waals surface area (Å²) in [5.41, 5.74) is 3.44. The van der Waals surface area contributed by atoms with Gasteiger partial charge in [-0.1, -0.05) is 24.3 Å². The fraction of sp³-hybridized carbons (Fsp3) is 0.214. The molecule has 0 atom stereocenters. The summed E-state index contributed by atoms with van der Waals surface area (Å²) in [7, 11) is 0. The lowest BCUT2D eigenvalue weighted by atomic mass is 10.0. The van der Waals surface area contributed by atoms with Crippen molar-refractivity contribution in [2.75, 3.05) is 12.4 Å². The third kappa shape index (κ3) is 3.98. The SMILES string of the molecule is O=C(NCCCl)NCc1ccccc1-c1ccsc1. The number of carbonyl (C=O) groups is 1. The molecule has 2 amide bonds. The summed E-state index contributed by atoms with van der Waals surface area (Å²) in [6.07, 6.45) is 0. The minimum Gasteiger partial charge on any atom is -0.337 e. The number of nitrogens with one attached hydrogen (secondary N) is 2. The third-order valence-corrected chi connectivity index (χ3v) is 3.54. The number of hydrogen-bond donors (Lipinski definition) is 2. The highest BCUT2D eigenvalue weighted by atomic mass is 35.5. The van der Waals surface area contributed by atoms with Gasteiger partial charge >= 0.3 is 6.03 Å². The zero-order valence-electron chi connectivity index (χ0n) is 10.4. The molecule has 2 aromatic rings. The van der Waals surface area contributed by atoms with Crippen LogP contribution in [0.5, 0.6) is 0 Å². The number of thiophene rings is 1. The van der Waals surface area contributed by atoms with Crippen molar-refractivity contribution in [3.63, 3.8) is 0 Å². The van der Waals surface area contributed by atoms with Gasteiger partial charge in [-0.2, -0.15) is 11.3 Å². The standard InChI is InChI=1S/C14H15ClN2OS/c15-6-7-16-14(18)17-9-11-3-1-2-4-13(11)12-5-8-19-10-12/h1-5,8,10H,6-7,9H2,(H2,16,17,18). The van der Waals surface area contributed by atoms with E-state index in [-0.39, 0.29) is 6.03 Å². The maximum absolute atomic E-state index is 11.5. The Labute approximate surface area is 121 Å². The highest BCUT2D eigenvalue weighted by Crippen LogP contribution is 2.25.